The van der Waals surface area contributed by atoms with Crippen molar-refractivity contribution in [2.24, 2.45) is 0 Å². The van der Waals surface area contributed by atoms with Crippen LogP contribution in [0.1, 0.15) is 5.56 Å². The number of aromatic nitrogens is 2. The number of nitrogens with one attached hydrogen (secondary N) is 1. The highest BCUT2D eigenvalue weighted by Crippen LogP contribution is 2.20. The summed E-state index contributed by atoms with van der Waals surface area (Å²) < 4.78 is 1.23. The molecular formula is C8H7IN2. The molecule has 2 rings (SSSR count). The first-order valence-corrected chi connectivity index (χ1v) is 4.44. The van der Waals surface area contributed by atoms with Crippen LogP contribution in [-0.4, -0.2) is 9.97 Å². The minimum absolute atomic E-state index is 1.20. The molecule has 0 aromatic carbocycles. The normalized spacial score (nSPS) is 10.7. The fourth-order valence-corrected chi connectivity index (χ4v) is 1.72. The van der Waals surface area contributed by atoms with Crippen LogP contribution in [0, 0.1) is 10.5 Å². The predicted molar refractivity (Wildman–Crippen MR) is 53.5 cm³/mol. The number of fused-ring (bicyclic) bond motifs is 1. The first kappa shape index (κ1) is 7.09. The summed E-state index contributed by atoms with van der Waals surface area (Å²) in [5.74, 6) is 0. The van der Waals surface area contributed by atoms with E-state index in [9.17, 15) is 0 Å². The van der Waals surface area contributed by atoms with Crippen molar-refractivity contribution < 1.29 is 0 Å². The highest BCUT2D eigenvalue weighted by molar-refractivity contribution is 14.1. The fourth-order valence-electron chi connectivity index (χ4n) is 1.15. The number of aromatic amines is 1. The summed E-state index contributed by atoms with van der Waals surface area (Å²) in [7, 11) is 0. The zero-order valence-electron chi connectivity index (χ0n) is 6.06. The van der Waals surface area contributed by atoms with E-state index in [1.807, 2.05) is 18.6 Å². The SMILES string of the molecule is Cc1cncc2c(I)c[nH]c12. The molecule has 0 amide bonds. The average Bonchev–Trinajstić information content (AvgIpc) is 2.35. The van der Waals surface area contributed by atoms with E-state index in [1.54, 1.807) is 0 Å². The maximum atomic E-state index is 4.12. The third-order valence-electron chi connectivity index (χ3n) is 1.74. The third-order valence-corrected chi connectivity index (χ3v) is 2.63. The van der Waals surface area contributed by atoms with Crippen molar-refractivity contribution in [3.05, 3.63) is 27.7 Å². The second-order valence-electron chi connectivity index (χ2n) is 2.52. The van der Waals surface area contributed by atoms with E-state index in [2.05, 4.69) is 39.5 Å². The number of H-pyrrole nitrogens is 1. The lowest BCUT2D eigenvalue weighted by atomic mass is 10.2. The minimum atomic E-state index is 1.20. The zero-order chi connectivity index (χ0) is 7.84. The van der Waals surface area contributed by atoms with Crippen LogP contribution >= 0.6 is 22.6 Å². The molecule has 56 valence electrons. The van der Waals surface area contributed by atoms with Crippen molar-refractivity contribution in [1.82, 2.24) is 9.97 Å². The lowest BCUT2D eigenvalue weighted by molar-refractivity contribution is 1.29. The van der Waals surface area contributed by atoms with Gasteiger partial charge in [0.2, 0.25) is 0 Å². The lowest BCUT2D eigenvalue weighted by Crippen LogP contribution is -1.78. The molecule has 0 spiro atoms. The number of hydrogen-bond donors (Lipinski definition) is 1. The van der Waals surface area contributed by atoms with Gasteiger partial charge in [0.15, 0.2) is 0 Å². The number of pyridine rings is 1. The Labute approximate surface area is 78.2 Å². The number of rotatable bonds is 0. The van der Waals surface area contributed by atoms with Crippen LogP contribution in [0.25, 0.3) is 10.9 Å². The van der Waals surface area contributed by atoms with Crippen LogP contribution in [0.4, 0.5) is 0 Å². The number of hydrogen-bond acceptors (Lipinski definition) is 1. The molecule has 1 N–H and O–H groups in total. The fraction of sp³-hybridized carbons (Fsp3) is 0.125. The summed E-state index contributed by atoms with van der Waals surface area (Å²) in [6.07, 6.45) is 5.76. The Balaban J connectivity index is 2.94. The molecule has 0 fully saturated rings. The molecular weight excluding hydrogens is 251 g/mol. The Morgan fingerprint density at radius 1 is 1.45 bits per heavy atom. The summed E-state index contributed by atoms with van der Waals surface area (Å²) in [4.78, 5) is 7.33. The standard InChI is InChI=1S/C8H7IN2/c1-5-2-10-3-6-7(9)4-11-8(5)6/h2-4,11H,1H3. The average molecular weight is 258 g/mol. The Morgan fingerprint density at radius 2 is 2.27 bits per heavy atom. The topological polar surface area (TPSA) is 28.7 Å². The van der Waals surface area contributed by atoms with E-state index in [0.29, 0.717) is 0 Å². The van der Waals surface area contributed by atoms with Gasteiger partial charge in [-0.25, -0.2) is 0 Å². The Kier molecular flexibility index (Phi) is 1.60. The van der Waals surface area contributed by atoms with Gasteiger partial charge in [-0.1, -0.05) is 0 Å². The quantitative estimate of drug-likeness (QED) is 0.722. The molecule has 11 heavy (non-hydrogen) atoms. The summed E-state index contributed by atoms with van der Waals surface area (Å²) in [5, 5.41) is 1.21. The predicted octanol–water partition coefficient (Wildman–Crippen LogP) is 2.48. The molecule has 0 bridgehead atoms. The Hall–Kier alpha value is -0.580. The monoisotopic (exact) mass is 258 g/mol. The molecule has 0 aliphatic carbocycles. The summed E-state index contributed by atoms with van der Waals surface area (Å²) in [6, 6.07) is 0. The van der Waals surface area contributed by atoms with Crippen LogP contribution in [0.2, 0.25) is 0 Å². The highest BCUT2D eigenvalue weighted by Gasteiger charge is 2.01. The van der Waals surface area contributed by atoms with Crippen molar-refractivity contribution in [2.45, 2.75) is 6.92 Å². The summed E-state index contributed by atoms with van der Waals surface area (Å²) in [5.41, 5.74) is 2.40. The molecule has 0 aliphatic rings. The lowest BCUT2D eigenvalue weighted by Gasteiger charge is -1.92. The van der Waals surface area contributed by atoms with Gasteiger partial charge >= 0.3 is 0 Å². The van der Waals surface area contributed by atoms with E-state index in [0.717, 1.165) is 0 Å². The van der Waals surface area contributed by atoms with Crippen LogP contribution in [0.15, 0.2) is 18.6 Å². The molecule has 2 aromatic heterocycles. The summed E-state index contributed by atoms with van der Waals surface area (Å²) in [6.45, 7) is 2.06. The Morgan fingerprint density at radius 3 is 3.00 bits per heavy atom. The van der Waals surface area contributed by atoms with Gasteiger partial charge < -0.3 is 4.98 Å². The van der Waals surface area contributed by atoms with Gasteiger partial charge in [0.25, 0.3) is 0 Å². The van der Waals surface area contributed by atoms with Crippen molar-refractivity contribution in [3.8, 4) is 0 Å². The van der Waals surface area contributed by atoms with Gasteiger partial charge in [-0.05, 0) is 35.1 Å². The third kappa shape index (κ3) is 1.03. The van der Waals surface area contributed by atoms with E-state index in [4.69, 9.17) is 0 Å². The molecule has 0 saturated heterocycles. The van der Waals surface area contributed by atoms with Crippen LogP contribution < -0.4 is 0 Å². The van der Waals surface area contributed by atoms with E-state index in [1.165, 1.54) is 20.0 Å². The molecule has 2 heterocycles. The molecule has 0 saturated carbocycles. The van der Waals surface area contributed by atoms with Crippen molar-refractivity contribution >= 4 is 33.5 Å². The van der Waals surface area contributed by atoms with Gasteiger partial charge in [-0.2, -0.15) is 0 Å². The minimum Gasteiger partial charge on any atom is -0.360 e. The Bertz CT molecular complexity index is 392. The van der Waals surface area contributed by atoms with Crippen molar-refractivity contribution in [3.63, 3.8) is 0 Å². The number of aryl methyl sites for hydroxylation is 1. The van der Waals surface area contributed by atoms with E-state index < -0.39 is 0 Å². The molecule has 0 aliphatic heterocycles. The van der Waals surface area contributed by atoms with Gasteiger partial charge in [0, 0.05) is 27.5 Å². The first-order valence-electron chi connectivity index (χ1n) is 3.36. The molecule has 2 aromatic rings. The van der Waals surface area contributed by atoms with Gasteiger partial charge in [-0.15, -0.1) is 0 Å². The highest BCUT2D eigenvalue weighted by atomic mass is 127. The molecule has 0 atom stereocenters. The van der Waals surface area contributed by atoms with E-state index >= 15 is 0 Å². The summed E-state index contributed by atoms with van der Waals surface area (Å²) >= 11 is 2.30. The largest absolute Gasteiger partial charge is 0.360 e. The van der Waals surface area contributed by atoms with Gasteiger partial charge in [0.1, 0.15) is 0 Å². The molecule has 2 nitrogen and oxygen atoms in total. The smallest absolute Gasteiger partial charge is 0.0525 e. The molecule has 3 heteroatoms. The second kappa shape index (κ2) is 2.48. The van der Waals surface area contributed by atoms with Crippen LogP contribution in [0.3, 0.4) is 0 Å². The van der Waals surface area contributed by atoms with Gasteiger partial charge in [0.05, 0.1) is 5.52 Å². The zero-order valence-corrected chi connectivity index (χ0v) is 8.21. The number of halogens is 1. The van der Waals surface area contributed by atoms with Crippen LogP contribution in [0.5, 0.6) is 0 Å². The van der Waals surface area contributed by atoms with Crippen molar-refractivity contribution in [1.29, 1.82) is 0 Å². The maximum Gasteiger partial charge on any atom is 0.0525 e. The van der Waals surface area contributed by atoms with E-state index in [-0.39, 0.29) is 0 Å². The molecule has 0 radical (unpaired) electrons. The van der Waals surface area contributed by atoms with Gasteiger partial charge in [-0.3, -0.25) is 4.98 Å². The second-order valence-corrected chi connectivity index (χ2v) is 3.68. The van der Waals surface area contributed by atoms with Crippen molar-refractivity contribution in [2.75, 3.05) is 0 Å². The molecule has 0 unspecified atom stereocenters. The first-order chi connectivity index (χ1) is 5.29. The maximum absolute atomic E-state index is 4.12. The number of nitrogens with zero attached hydrogens (tertiary/aromatic N) is 1. The van der Waals surface area contributed by atoms with Crippen LogP contribution in [-0.2, 0) is 0 Å².